The Kier molecular flexibility index (Phi) is 52.6. The maximum atomic E-state index is 12.7. The molecule has 0 aliphatic rings. The SMILES string of the molecule is CCCCCCCCCCC=CCC=CCC=CCC=CCC=CCC=CCC(=O)OC[C@H](COP(=O)(O)OCC[N+](C)(C)C)OC(=O)CC=CCC=CCC=CCC=CCC=CCC=CCCCCCCCCCC. The minimum absolute atomic E-state index is 0.00809. The number of hydrogen-bond acceptors (Lipinski definition) is 7. The summed E-state index contributed by atoms with van der Waals surface area (Å²) in [7, 11) is 1.35. The average Bonchev–Trinajstić information content (AvgIpc) is 3.38. The number of carbonyl (C=O) groups is 2. The van der Waals surface area contributed by atoms with Gasteiger partial charge in [-0.25, -0.2) is 4.57 Å². The van der Waals surface area contributed by atoms with E-state index in [1.165, 1.54) is 116 Å². The second kappa shape index (κ2) is 55.6. The molecule has 2 atom stereocenters. The summed E-state index contributed by atoms with van der Waals surface area (Å²) in [5, 5.41) is 0. The van der Waals surface area contributed by atoms with Gasteiger partial charge >= 0.3 is 19.8 Å². The summed E-state index contributed by atoms with van der Waals surface area (Å²) in [4.78, 5) is 35.5. The molecule has 1 N–H and O–H groups in total. The zero-order valence-electron chi connectivity index (χ0n) is 48.7. The highest BCUT2D eigenvalue weighted by Crippen LogP contribution is 2.43. The van der Waals surface area contributed by atoms with Gasteiger partial charge in [0.25, 0.3) is 0 Å². The fraction of sp³-hybridized carbons (Fsp3) is 0.606. The molecular weight excluding hydrogens is 966 g/mol. The summed E-state index contributed by atoms with van der Waals surface area (Å²) < 4.78 is 34.2. The van der Waals surface area contributed by atoms with E-state index in [1.807, 2.05) is 45.4 Å². The van der Waals surface area contributed by atoms with E-state index in [0.717, 1.165) is 51.4 Å². The number of esters is 2. The molecule has 0 aromatic heterocycles. The van der Waals surface area contributed by atoms with Crippen molar-refractivity contribution < 1.29 is 42.1 Å². The number of phosphoric ester groups is 1. The summed E-state index contributed by atoms with van der Waals surface area (Å²) in [5.41, 5.74) is 0. The lowest BCUT2D eigenvalue weighted by atomic mass is 10.1. The van der Waals surface area contributed by atoms with Crippen molar-refractivity contribution >= 4 is 19.8 Å². The Balaban J connectivity index is 4.49. The molecule has 0 aromatic rings. The smallest absolute Gasteiger partial charge is 0.461 e. The molecule has 0 aliphatic heterocycles. The molecule has 0 rings (SSSR count). The van der Waals surface area contributed by atoms with Gasteiger partial charge in [0.2, 0.25) is 0 Å². The maximum Gasteiger partial charge on any atom is 0.472 e. The lowest BCUT2D eigenvalue weighted by Gasteiger charge is -2.24. The van der Waals surface area contributed by atoms with Crippen LogP contribution in [0.4, 0.5) is 0 Å². The zero-order valence-corrected chi connectivity index (χ0v) is 49.6. The fourth-order valence-electron chi connectivity index (χ4n) is 7.34. The van der Waals surface area contributed by atoms with Crippen LogP contribution in [0.25, 0.3) is 0 Å². The van der Waals surface area contributed by atoms with Crippen molar-refractivity contribution in [3.05, 3.63) is 146 Å². The molecule has 0 aliphatic carbocycles. The fourth-order valence-corrected chi connectivity index (χ4v) is 8.08. The van der Waals surface area contributed by atoms with E-state index in [2.05, 4.69) is 123 Å². The minimum atomic E-state index is -4.44. The van der Waals surface area contributed by atoms with Crippen molar-refractivity contribution in [3.8, 4) is 0 Å². The van der Waals surface area contributed by atoms with E-state index in [9.17, 15) is 19.0 Å². The van der Waals surface area contributed by atoms with Crippen LogP contribution in [0, 0.1) is 0 Å². The van der Waals surface area contributed by atoms with Gasteiger partial charge in [-0.1, -0.05) is 250 Å². The Labute approximate surface area is 465 Å². The molecule has 76 heavy (non-hydrogen) atoms. The van der Waals surface area contributed by atoms with Crippen molar-refractivity contribution in [1.29, 1.82) is 0 Å². The van der Waals surface area contributed by atoms with Crippen LogP contribution >= 0.6 is 7.82 Å². The molecule has 0 radical (unpaired) electrons. The van der Waals surface area contributed by atoms with Gasteiger partial charge in [-0.15, -0.1) is 0 Å². The number of carbonyl (C=O) groups excluding carboxylic acids is 2. The zero-order chi connectivity index (χ0) is 55.6. The average molecular weight is 1080 g/mol. The van der Waals surface area contributed by atoms with Crippen molar-refractivity contribution in [3.63, 3.8) is 0 Å². The summed E-state index contributed by atoms with van der Waals surface area (Å²) in [6.07, 6.45) is 82.8. The Morgan fingerprint density at radius 1 is 0.408 bits per heavy atom. The van der Waals surface area contributed by atoms with Gasteiger partial charge in [0.1, 0.15) is 19.8 Å². The van der Waals surface area contributed by atoms with Crippen molar-refractivity contribution in [1.82, 2.24) is 0 Å². The predicted molar refractivity (Wildman–Crippen MR) is 325 cm³/mol. The van der Waals surface area contributed by atoms with Crippen LogP contribution in [0.15, 0.2) is 146 Å². The highest BCUT2D eigenvalue weighted by molar-refractivity contribution is 7.47. The van der Waals surface area contributed by atoms with Gasteiger partial charge in [-0.05, 0) is 89.9 Å². The Morgan fingerprint density at radius 3 is 1.05 bits per heavy atom. The maximum absolute atomic E-state index is 12.7. The lowest BCUT2D eigenvalue weighted by molar-refractivity contribution is -0.870. The third-order valence-electron chi connectivity index (χ3n) is 11.9. The second-order valence-electron chi connectivity index (χ2n) is 20.4. The summed E-state index contributed by atoms with van der Waals surface area (Å²) in [6.45, 7) is 4.19. The van der Waals surface area contributed by atoms with Gasteiger partial charge in [0, 0.05) is 0 Å². The Hall–Kier alpha value is -4.11. The number of likely N-dealkylation sites (N-methyl/N-ethyl adjacent to an activating group) is 1. The van der Waals surface area contributed by atoms with Crippen LogP contribution in [0.1, 0.15) is 206 Å². The molecule has 0 saturated carbocycles. The van der Waals surface area contributed by atoms with Crippen molar-refractivity contribution in [2.45, 2.75) is 213 Å². The third-order valence-corrected chi connectivity index (χ3v) is 12.9. The van der Waals surface area contributed by atoms with Crippen LogP contribution in [0.3, 0.4) is 0 Å². The largest absolute Gasteiger partial charge is 0.472 e. The second-order valence-corrected chi connectivity index (χ2v) is 21.8. The summed E-state index contributed by atoms with van der Waals surface area (Å²) >= 11 is 0. The van der Waals surface area contributed by atoms with E-state index < -0.39 is 32.5 Å². The van der Waals surface area contributed by atoms with Crippen LogP contribution in [0.2, 0.25) is 0 Å². The van der Waals surface area contributed by atoms with Crippen molar-refractivity contribution in [2.75, 3.05) is 47.5 Å². The van der Waals surface area contributed by atoms with Gasteiger partial charge < -0.3 is 18.9 Å². The van der Waals surface area contributed by atoms with E-state index in [1.54, 1.807) is 12.2 Å². The molecule has 0 amide bonds. The Morgan fingerprint density at radius 2 is 0.711 bits per heavy atom. The standard InChI is InChI=1S/C66H108NO8P/c1-6-8-10-12-14-16-18-20-22-24-26-28-30-32-34-36-38-40-42-44-46-48-50-52-54-56-58-65(68)72-62-64(63-74-76(70,71)73-61-60-67(3,4)5)75-66(69)59-57-55-53-51-49-47-45-43-41-39-37-35-33-31-29-27-25-23-21-19-17-15-13-11-9-7-2/h24-27,30-33,36-39,42-45,48-51,54-57,64H,6-23,28-29,34-35,40-41,46-47,52-53,58-63H2,1-5H3/p+1/t64-/m1/s1. The molecule has 0 fully saturated rings. The number of quaternary nitrogens is 1. The van der Waals surface area contributed by atoms with Crippen LogP contribution in [0.5, 0.6) is 0 Å². The highest BCUT2D eigenvalue weighted by Gasteiger charge is 2.27. The molecule has 0 saturated heterocycles. The predicted octanol–water partition coefficient (Wildman–Crippen LogP) is 18.7. The molecule has 10 heteroatoms. The number of unbranched alkanes of at least 4 members (excludes halogenated alkanes) is 16. The van der Waals surface area contributed by atoms with Gasteiger partial charge in [0.15, 0.2) is 6.10 Å². The van der Waals surface area contributed by atoms with E-state index in [4.69, 9.17) is 18.5 Å². The lowest BCUT2D eigenvalue weighted by Crippen LogP contribution is -2.37. The first kappa shape index (κ1) is 71.9. The normalized spacial score (nSPS) is 14.3. The first-order chi connectivity index (χ1) is 37.0. The molecule has 0 bridgehead atoms. The number of hydrogen-bond donors (Lipinski definition) is 1. The molecule has 0 spiro atoms. The highest BCUT2D eigenvalue weighted by atomic mass is 31.2. The number of ether oxygens (including phenoxy) is 2. The molecular formula is C66H109NO8P+. The van der Waals surface area contributed by atoms with Crippen molar-refractivity contribution in [2.24, 2.45) is 0 Å². The van der Waals surface area contributed by atoms with E-state index >= 15 is 0 Å². The van der Waals surface area contributed by atoms with Crippen LogP contribution in [-0.4, -0.2) is 74.9 Å². The molecule has 1 unspecified atom stereocenters. The summed E-state index contributed by atoms with van der Waals surface area (Å²) in [5.74, 6) is -1.11. The molecule has 430 valence electrons. The third kappa shape index (κ3) is 59.1. The first-order valence-electron chi connectivity index (χ1n) is 29.6. The Bertz CT molecular complexity index is 1790. The molecule has 0 heterocycles. The minimum Gasteiger partial charge on any atom is -0.461 e. The van der Waals surface area contributed by atoms with E-state index in [0.29, 0.717) is 23.9 Å². The number of phosphoric acid groups is 1. The van der Waals surface area contributed by atoms with Gasteiger partial charge in [0.05, 0.1) is 40.6 Å². The van der Waals surface area contributed by atoms with Gasteiger partial charge in [-0.3, -0.25) is 18.6 Å². The van der Waals surface area contributed by atoms with Crippen LogP contribution < -0.4 is 0 Å². The van der Waals surface area contributed by atoms with Crippen LogP contribution in [-0.2, 0) is 32.7 Å². The monoisotopic (exact) mass is 1070 g/mol. The topological polar surface area (TPSA) is 108 Å². The number of rotatable bonds is 52. The van der Waals surface area contributed by atoms with E-state index in [-0.39, 0.29) is 26.1 Å². The molecule has 0 aromatic carbocycles. The molecule has 9 nitrogen and oxygen atoms in total. The first-order valence-corrected chi connectivity index (χ1v) is 31.1. The quantitative estimate of drug-likeness (QED) is 0.0211. The number of nitrogens with zero attached hydrogens (tertiary/aromatic N) is 1. The van der Waals surface area contributed by atoms with Gasteiger partial charge in [-0.2, -0.15) is 0 Å². The summed E-state index contributed by atoms with van der Waals surface area (Å²) in [6, 6.07) is 0. The number of allylic oxidation sites excluding steroid dienone is 22.